The van der Waals surface area contributed by atoms with Crippen LogP contribution < -0.4 is 4.74 Å². The normalized spacial score (nSPS) is 22.0. The molecule has 0 aromatic heterocycles. The molecule has 1 fully saturated rings. The highest BCUT2D eigenvalue weighted by molar-refractivity contribution is 5.80. The van der Waals surface area contributed by atoms with Crippen LogP contribution in [0.1, 0.15) is 44.7 Å². The van der Waals surface area contributed by atoms with Gasteiger partial charge in [-0.25, -0.2) is 0 Å². The Morgan fingerprint density at radius 2 is 1.49 bits per heavy atom. The molecule has 0 radical (unpaired) electrons. The second-order valence-corrected chi connectivity index (χ2v) is 9.39. The van der Waals surface area contributed by atoms with Crippen molar-refractivity contribution in [1.29, 1.82) is 0 Å². The van der Waals surface area contributed by atoms with Crippen LogP contribution in [-0.4, -0.2) is 74.3 Å². The molecule has 0 N–H and O–H groups in total. The van der Waals surface area contributed by atoms with Gasteiger partial charge in [0, 0.05) is 33.4 Å². The van der Waals surface area contributed by atoms with Crippen LogP contribution in [0.15, 0.2) is 59.6 Å². The van der Waals surface area contributed by atoms with E-state index in [-0.39, 0.29) is 26.1 Å². The molecule has 5 atom stereocenters. The van der Waals surface area contributed by atoms with Gasteiger partial charge >= 0.3 is 23.9 Å². The molecule has 0 bridgehead atoms. The maximum Gasteiger partial charge on any atom is 0.306 e. The van der Waals surface area contributed by atoms with Gasteiger partial charge in [-0.05, 0) is 41.8 Å². The van der Waals surface area contributed by atoms with E-state index in [1.165, 1.54) is 20.8 Å². The molecule has 1 aliphatic rings. The van der Waals surface area contributed by atoms with E-state index in [2.05, 4.69) is 4.99 Å². The van der Waals surface area contributed by atoms with Crippen molar-refractivity contribution in [2.75, 3.05) is 13.7 Å². The molecule has 41 heavy (non-hydrogen) atoms. The summed E-state index contributed by atoms with van der Waals surface area (Å²) in [5.74, 6) is -1.65. The topological polar surface area (TPSA) is 136 Å². The third-order valence-corrected chi connectivity index (χ3v) is 6.20. The van der Waals surface area contributed by atoms with Crippen molar-refractivity contribution in [3.05, 3.63) is 65.7 Å². The number of hydrogen-bond donors (Lipinski definition) is 0. The minimum atomic E-state index is -1.13. The number of ether oxygens (including phenoxy) is 6. The SMILES string of the molecule is COc1ccc(C=N[C@@H]2[C@@H](OC(C)=O)[C@H](OC(C)=O)[C@@H](COC(C)=O)O[C@@H]2CCC(=O)OCc2ccccc2)cc1. The molecule has 0 spiro atoms. The molecule has 0 saturated carbocycles. The van der Waals surface area contributed by atoms with Crippen LogP contribution in [-0.2, 0) is 49.5 Å². The van der Waals surface area contributed by atoms with E-state index in [9.17, 15) is 19.2 Å². The summed E-state index contributed by atoms with van der Waals surface area (Å²) in [5, 5.41) is 0. The van der Waals surface area contributed by atoms with Crippen LogP contribution in [0.25, 0.3) is 0 Å². The predicted octanol–water partition coefficient (Wildman–Crippen LogP) is 3.20. The predicted molar refractivity (Wildman–Crippen MR) is 146 cm³/mol. The monoisotopic (exact) mass is 569 g/mol. The summed E-state index contributed by atoms with van der Waals surface area (Å²) in [6, 6.07) is 15.5. The first kappa shape index (κ1) is 31.3. The average Bonchev–Trinajstić information content (AvgIpc) is 2.95. The van der Waals surface area contributed by atoms with Crippen LogP contribution >= 0.6 is 0 Å². The highest BCUT2D eigenvalue weighted by Gasteiger charge is 2.50. The first-order chi connectivity index (χ1) is 19.7. The van der Waals surface area contributed by atoms with E-state index in [0.29, 0.717) is 5.75 Å². The first-order valence-electron chi connectivity index (χ1n) is 13.2. The molecule has 1 saturated heterocycles. The van der Waals surface area contributed by atoms with Crippen LogP contribution in [0.5, 0.6) is 5.75 Å². The Labute approximate surface area is 238 Å². The number of rotatable bonds is 12. The van der Waals surface area contributed by atoms with E-state index in [1.54, 1.807) is 37.6 Å². The van der Waals surface area contributed by atoms with Crippen LogP contribution in [0, 0.1) is 0 Å². The molecule has 0 amide bonds. The number of aliphatic imine (C=N–C) groups is 1. The second kappa shape index (κ2) is 15.5. The van der Waals surface area contributed by atoms with Crippen molar-refractivity contribution in [3.63, 3.8) is 0 Å². The van der Waals surface area contributed by atoms with E-state index >= 15 is 0 Å². The third kappa shape index (κ3) is 10.0. The van der Waals surface area contributed by atoms with E-state index in [1.807, 2.05) is 30.3 Å². The summed E-state index contributed by atoms with van der Waals surface area (Å²) >= 11 is 0. The maximum atomic E-state index is 12.6. The van der Waals surface area contributed by atoms with Gasteiger partial charge in [0.2, 0.25) is 0 Å². The summed E-state index contributed by atoms with van der Waals surface area (Å²) < 4.78 is 33.1. The number of hydrogen-bond acceptors (Lipinski definition) is 11. The molecular formula is C30H35NO10. The fraction of sp³-hybridized carbons (Fsp3) is 0.433. The molecular weight excluding hydrogens is 534 g/mol. The van der Waals surface area contributed by atoms with Crippen molar-refractivity contribution < 1.29 is 47.6 Å². The summed E-state index contributed by atoms with van der Waals surface area (Å²) in [5.41, 5.74) is 1.57. The molecule has 2 aromatic carbocycles. The van der Waals surface area contributed by atoms with Gasteiger partial charge in [0.1, 0.15) is 31.1 Å². The van der Waals surface area contributed by atoms with Crippen LogP contribution in [0.2, 0.25) is 0 Å². The molecule has 2 aromatic rings. The Morgan fingerprint density at radius 3 is 2.10 bits per heavy atom. The second-order valence-electron chi connectivity index (χ2n) is 9.39. The van der Waals surface area contributed by atoms with E-state index < -0.39 is 54.3 Å². The summed E-state index contributed by atoms with van der Waals surface area (Å²) in [6.45, 7) is 3.51. The maximum absolute atomic E-state index is 12.6. The van der Waals surface area contributed by atoms with Gasteiger partial charge in [-0.1, -0.05) is 30.3 Å². The molecule has 3 rings (SSSR count). The molecule has 0 unspecified atom stereocenters. The molecule has 11 heteroatoms. The van der Waals surface area contributed by atoms with E-state index in [4.69, 9.17) is 28.4 Å². The number of methoxy groups -OCH3 is 1. The Balaban J connectivity index is 1.88. The molecule has 11 nitrogen and oxygen atoms in total. The zero-order chi connectivity index (χ0) is 29.8. The Hall–Kier alpha value is -4.25. The van der Waals surface area contributed by atoms with Crippen molar-refractivity contribution in [2.45, 2.75) is 70.7 Å². The zero-order valence-corrected chi connectivity index (χ0v) is 23.5. The summed E-state index contributed by atoms with van der Waals surface area (Å²) in [7, 11) is 1.56. The highest BCUT2D eigenvalue weighted by Crippen LogP contribution is 2.31. The lowest BCUT2D eigenvalue weighted by Gasteiger charge is -2.43. The molecule has 220 valence electrons. The average molecular weight is 570 g/mol. The largest absolute Gasteiger partial charge is 0.497 e. The lowest BCUT2D eigenvalue weighted by Crippen LogP contribution is -2.60. The van der Waals surface area contributed by atoms with Crippen LogP contribution in [0.4, 0.5) is 0 Å². The number of carbonyl (C=O) groups is 4. The van der Waals surface area contributed by atoms with Crippen molar-refractivity contribution in [2.24, 2.45) is 4.99 Å². The smallest absolute Gasteiger partial charge is 0.306 e. The van der Waals surface area contributed by atoms with Gasteiger partial charge < -0.3 is 28.4 Å². The van der Waals surface area contributed by atoms with Crippen molar-refractivity contribution >= 4 is 30.1 Å². The van der Waals surface area contributed by atoms with Crippen molar-refractivity contribution in [3.8, 4) is 5.75 Å². The Morgan fingerprint density at radius 1 is 0.829 bits per heavy atom. The minimum Gasteiger partial charge on any atom is -0.497 e. The van der Waals surface area contributed by atoms with Gasteiger partial charge in [0.15, 0.2) is 12.2 Å². The molecule has 0 aliphatic carbocycles. The molecule has 1 heterocycles. The Kier molecular flexibility index (Phi) is 11.8. The number of benzene rings is 2. The van der Waals surface area contributed by atoms with Crippen LogP contribution in [0.3, 0.4) is 0 Å². The zero-order valence-electron chi connectivity index (χ0n) is 23.5. The molecule has 1 aliphatic heterocycles. The quantitative estimate of drug-likeness (QED) is 0.213. The fourth-order valence-corrected chi connectivity index (χ4v) is 4.35. The third-order valence-electron chi connectivity index (χ3n) is 6.20. The highest BCUT2D eigenvalue weighted by atomic mass is 16.6. The van der Waals surface area contributed by atoms with Gasteiger partial charge in [0.25, 0.3) is 0 Å². The Bertz CT molecular complexity index is 1200. The van der Waals surface area contributed by atoms with Gasteiger partial charge in [-0.2, -0.15) is 0 Å². The van der Waals surface area contributed by atoms with Gasteiger partial charge in [-0.15, -0.1) is 0 Å². The summed E-state index contributed by atoms with van der Waals surface area (Å²) in [4.78, 5) is 53.0. The lowest BCUT2D eigenvalue weighted by molar-refractivity contribution is -0.221. The first-order valence-corrected chi connectivity index (χ1v) is 13.2. The van der Waals surface area contributed by atoms with E-state index in [0.717, 1.165) is 11.1 Å². The number of esters is 4. The standard InChI is InChI=1S/C30H35NO10/c1-19(32)37-18-26-29(39-20(2)33)30(40-21(3)34)28(31-16-22-10-12-24(36-4)13-11-22)25(41-26)14-15-27(35)38-17-23-8-6-5-7-9-23/h5-13,16,25-26,28-30H,14-15,17-18H2,1-4H3/t25-,26-,28+,29-,30-/m1/s1. The number of carbonyl (C=O) groups excluding carboxylic acids is 4. The number of nitrogens with zero attached hydrogens (tertiary/aromatic N) is 1. The lowest BCUT2D eigenvalue weighted by atomic mass is 9.90. The van der Waals surface area contributed by atoms with Gasteiger partial charge in [0.05, 0.1) is 13.2 Å². The summed E-state index contributed by atoms with van der Waals surface area (Å²) in [6.07, 6.45) is -2.31. The van der Waals surface area contributed by atoms with Crippen molar-refractivity contribution in [1.82, 2.24) is 0 Å². The fourth-order valence-electron chi connectivity index (χ4n) is 4.35. The minimum absolute atomic E-state index is 0.0304. The van der Waals surface area contributed by atoms with Gasteiger partial charge in [-0.3, -0.25) is 24.2 Å².